The van der Waals surface area contributed by atoms with E-state index in [-0.39, 0.29) is 11.5 Å². The van der Waals surface area contributed by atoms with E-state index in [1.807, 2.05) is 21.1 Å². The van der Waals surface area contributed by atoms with Crippen LogP contribution in [-0.4, -0.2) is 50.7 Å². The molecule has 0 saturated carbocycles. The second-order valence-electron chi connectivity index (χ2n) is 4.45. The third-order valence-electron chi connectivity index (χ3n) is 1.52. The van der Waals surface area contributed by atoms with Crippen molar-refractivity contribution in [1.29, 1.82) is 0 Å². The maximum Gasteiger partial charge on any atom is 0.330 e. The van der Waals surface area contributed by atoms with Crippen molar-refractivity contribution in [2.24, 2.45) is 0 Å². The standard InChI is InChI=1S/C8H16NO2.C4H6O2/c1-5-8(10)11-7-6-9(2,3)4;1-3(2)4(5)6/h5H,1,6-7H2,2-4H3;1H2,2H3,(H,5,6)/q+1;/p-1. The highest BCUT2D eigenvalue weighted by molar-refractivity contribution is 5.82. The van der Waals surface area contributed by atoms with Gasteiger partial charge in [-0.3, -0.25) is 0 Å². The highest BCUT2D eigenvalue weighted by Gasteiger charge is 2.06. The monoisotopic (exact) mass is 243 g/mol. The Morgan fingerprint density at radius 2 is 1.76 bits per heavy atom. The first-order valence-corrected chi connectivity index (χ1v) is 5.06. The van der Waals surface area contributed by atoms with Crippen molar-refractivity contribution in [2.75, 3.05) is 34.3 Å². The molecule has 0 atom stereocenters. The second kappa shape index (κ2) is 8.52. The van der Waals surface area contributed by atoms with E-state index in [1.54, 1.807) is 0 Å². The molecule has 0 N–H and O–H groups in total. The summed E-state index contributed by atoms with van der Waals surface area (Å²) in [7, 11) is 6.13. The predicted molar refractivity (Wildman–Crippen MR) is 63.9 cm³/mol. The van der Waals surface area contributed by atoms with Crippen molar-refractivity contribution < 1.29 is 23.9 Å². The van der Waals surface area contributed by atoms with Crippen molar-refractivity contribution >= 4 is 11.9 Å². The van der Waals surface area contributed by atoms with Crippen LogP contribution in [0.25, 0.3) is 0 Å². The summed E-state index contributed by atoms with van der Waals surface area (Å²) < 4.78 is 5.59. The highest BCUT2D eigenvalue weighted by Crippen LogP contribution is 1.89. The van der Waals surface area contributed by atoms with Gasteiger partial charge in [0.2, 0.25) is 0 Å². The molecule has 0 rings (SSSR count). The smallest absolute Gasteiger partial charge is 0.330 e. The number of hydrogen-bond donors (Lipinski definition) is 0. The Labute approximate surface area is 103 Å². The molecule has 0 aliphatic heterocycles. The molecule has 98 valence electrons. The number of likely N-dealkylation sites (N-methyl/N-ethyl adjacent to an activating group) is 1. The van der Waals surface area contributed by atoms with Gasteiger partial charge in [-0.2, -0.15) is 0 Å². The molecule has 0 aliphatic rings. The largest absolute Gasteiger partial charge is 0.545 e. The fraction of sp³-hybridized carbons (Fsp3) is 0.500. The van der Waals surface area contributed by atoms with E-state index in [2.05, 4.69) is 13.2 Å². The average molecular weight is 243 g/mol. The first kappa shape index (κ1) is 17.8. The first-order chi connectivity index (χ1) is 7.60. The molecule has 0 radical (unpaired) electrons. The molecule has 5 heteroatoms. The van der Waals surface area contributed by atoms with E-state index in [1.165, 1.54) is 13.0 Å². The molecule has 0 fully saturated rings. The van der Waals surface area contributed by atoms with Crippen molar-refractivity contribution in [3.8, 4) is 0 Å². The lowest BCUT2D eigenvalue weighted by Gasteiger charge is -2.23. The Balaban J connectivity index is 0. The maximum atomic E-state index is 10.6. The Bertz CT molecular complexity index is 277. The van der Waals surface area contributed by atoms with Crippen LogP contribution in [0.1, 0.15) is 6.92 Å². The van der Waals surface area contributed by atoms with Crippen LogP contribution in [0.15, 0.2) is 24.8 Å². The van der Waals surface area contributed by atoms with Gasteiger partial charge in [-0.25, -0.2) is 4.79 Å². The third kappa shape index (κ3) is 17.0. The van der Waals surface area contributed by atoms with Crippen molar-refractivity contribution in [3.63, 3.8) is 0 Å². The second-order valence-corrected chi connectivity index (χ2v) is 4.45. The van der Waals surface area contributed by atoms with E-state index < -0.39 is 5.97 Å². The lowest BCUT2D eigenvalue weighted by Crippen LogP contribution is -2.37. The molecule has 17 heavy (non-hydrogen) atoms. The fourth-order valence-electron chi connectivity index (χ4n) is 0.479. The predicted octanol–water partition coefficient (Wildman–Crippen LogP) is -0.266. The topological polar surface area (TPSA) is 66.4 Å². The molecule has 0 aromatic heterocycles. The summed E-state index contributed by atoms with van der Waals surface area (Å²) in [6.45, 7) is 9.04. The number of carboxylic acids is 1. The van der Waals surface area contributed by atoms with Gasteiger partial charge in [-0.05, 0) is 12.5 Å². The summed E-state index contributed by atoms with van der Waals surface area (Å²) in [4.78, 5) is 20.0. The molecule has 0 spiro atoms. The first-order valence-electron chi connectivity index (χ1n) is 5.06. The van der Waals surface area contributed by atoms with E-state index in [9.17, 15) is 14.7 Å². The van der Waals surface area contributed by atoms with E-state index in [4.69, 9.17) is 4.74 Å². The van der Waals surface area contributed by atoms with E-state index >= 15 is 0 Å². The minimum absolute atomic E-state index is 0.0648. The molecule has 0 unspecified atom stereocenters. The normalized spacial score (nSPS) is 9.65. The zero-order valence-electron chi connectivity index (χ0n) is 11.0. The number of aliphatic carboxylic acids is 1. The quantitative estimate of drug-likeness (QED) is 0.379. The highest BCUT2D eigenvalue weighted by atomic mass is 16.5. The van der Waals surface area contributed by atoms with Gasteiger partial charge >= 0.3 is 5.97 Å². The number of carboxylic acid groups (broad SMARTS) is 1. The Morgan fingerprint density at radius 3 is 2.00 bits per heavy atom. The molecular weight excluding hydrogens is 222 g/mol. The van der Waals surface area contributed by atoms with Gasteiger partial charge in [0.1, 0.15) is 13.2 Å². The van der Waals surface area contributed by atoms with E-state index in [0.29, 0.717) is 6.61 Å². The molecule has 0 aromatic rings. The number of hydrogen-bond acceptors (Lipinski definition) is 4. The van der Waals surface area contributed by atoms with Crippen molar-refractivity contribution in [1.82, 2.24) is 0 Å². The minimum atomic E-state index is -1.19. The number of rotatable bonds is 5. The van der Waals surface area contributed by atoms with Crippen LogP contribution in [0, 0.1) is 0 Å². The Hall–Kier alpha value is -1.62. The molecule has 0 aromatic carbocycles. The molecule has 0 bridgehead atoms. The summed E-state index contributed by atoms with van der Waals surface area (Å²) in [6.07, 6.45) is 1.18. The lowest BCUT2D eigenvalue weighted by molar-refractivity contribution is -0.870. The van der Waals surface area contributed by atoms with Gasteiger partial charge in [-0.15, -0.1) is 0 Å². The van der Waals surface area contributed by atoms with Gasteiger partial charge in [-0.1, -0.05) is 13.2 Å². The third-order valence-corrected chi connectivity index (χ3v) is 1.52. The number of nitrogens with zero attached hydrogens (tertiary/aromatic N) is 1. The zero-order valence-corrected chi connectivity index (χ0v) is 11.0. The van der Waals surface area contributed by atoms with Gasteiger partial charge in [0.15, 0.2) is 0 Å². The lowest BCUT2D eigenvalue weighted by atomic mass is 10.4. The average Bonchev–Trinajstić information content (AvgIpc) is 2.16. The van der Waals surface area contributed by atoms with Crippen LogP contribution < -0.4 is 5.11 Å². The number of quaternary nitrogens is 1. The van der Waals surface area contributed by atoms with Crippen LogP contribution in [0.2, 0.25) is 0 Å². The SMILES string of the molecule is C=C(C)C(=O)[O-].C=CC(=O)OCC[N+](C)(C)C. The van der Waals surface area contributed by atoms with Crippen LogP contribution in [0.5, 0.6) is 0 Å². The maximum absolute atomic E-state index is 10.6. The number of carbonyl (C=O) groups is 2. The summed E-state index contributed by atoms with van der Waals surface area (Å²) >= 11 is 0. The summed E-state index contributed by atoms with van der Waals surface area (Å²) in [5, 5.41) is 9.49. The van der Waals surface area contributed by atoms with Crippen LogP contribution in [0.3, 0.4) is 0 Å². The number of ether oxygens (including phenoxy) is 1. The van der Waals surface area contributed by atoms with E-state index in [0.717, 1.165) is 11.0 Å². The van der Waals surface area contributed by atoms with Gasteiger partial charge in [0.25, 0.3) is 0 Å². The molecule has 0 amide bonds. The molecular formula is C12H21NO4. The Kier molecular flexibility index (Phi) is 8.91. The summed E-state index contributed by atoms with van der Waals surface area (Å²) in [5.74, 6) is -1.53. The molecule has 5 nitrogen and oxygen atoms in total. The van der Waals surface area contributed by atoms with Crippen molar-refractivity contribution in [2.45, 2.75) is 6.92 Å². The van der Waals surface area contributed by atoms with Crippen LogP contribution in [-0.2, 0) is 14.3 Å². The molecule has 0 heterocycles. The van der Waals surface area contributed by atoms with Gasteiger partial charge in [0, 0.05) is 6.08 Å². The fourth-order valence-corrected chi connectivity index (χ4v) is 0.479. The minimum Gasteiger partial charge on any atom is -0.545 e. The molecule has 0 saturated heterocycles. The van der Waals surface area contributed by atoms with Crippen LogP contribution in [0.4, 0.5) is 0 Å². The number of carbonyl (C=O) groups excluding carboxylic acids is 2. The van der Waals surface area contributed by atoms with Gasteiger partial charge in [0.05, 0.1) is 27.1 Å². The van der Waals surface area contributed by atoms with Crippen molar-refractivity contribution in [3.05, 3.63) is 24.8 Å². The van der Waals surface area contributed by atoms with Crippen LogP contribution >= 0.6 is 0 Å². The number of esters is 1. The summed E-state index contributed by atoms with van der Waals surface area (Å²) in [5.41, 5.74) is 0.0648. The Morgan fingerprint density at radius 1 is 1.35 bits per heavy atom. The van der Waals surface area contributed by atoms with Gasteiger partial charge < -0.3 is 19.1 Å². The summed E-state index contributed by atoms with van der Waals surface area (Å²) in [6, 6.07) is 0. The zero-order chi connectivity index (χ0) is 14.1. The molecule has 0 aliphatic carbocycles.